The predicted octanol–water partition coefficient (Wildman–Crippen LogP) is 3.03. The summed E-state index contributed by atoms with van der Waals surface area (Å²) < 4.78 is 5.25. The zero-order valence-electron chi connectivity index (χ0n) is 20.7. The Morgan fingerprint density at radius 2 is 2.00 bits per heavy atom. The number of rotatable bonds is 11. The van der Waals surface area contributed by atoms with E-state index < -0.39 is 12.0 Å². The maximum absolute atomic E-state index is 13.0. The Bertz CT molecular complexity index is 831. The molecule has 2 fully saturated rings. The van der Waals surface area contributed by atoms with Gasteiger partial charge in [-0.3, -0.25) is 14.4 Å². The first-order valence-electron chi connectivity index (χ1n) is 12.6. The molecule has 2 amide bonds. The number of likely N-dealkylation sites (tertiary alicyclic amines) is 1. The summed E-state index contributed by atoms with van der Waals surface area (Å²) in [6, 6.07) is 7.20. The number of piperidine rings is 2. The number of methoxy groups -OCH3 is 1. The number of hydrogen-bond donors (Lipinski definition) is 3. The van der Waals surface area contributed by atoms with E-state index in [1.54, 1.807) is 7.11 Å². The van der Waals surface area contributed by atoms with Gasteiger partial charge in [-0.15, -0.1) is 12.4 Å². The standard InChI is InChI=1S/C26H39N3O5.ClH/c1-34-23-6-2-4-20(16-23)7-9-22(17-25(31)32)28-26(33)21-5-3-15-29(18-21)24(30)10-8-19-11-13-27-14-12-19;/h2,4,6,16,19,21-22,27H,3,5,7-15,17-18H2,1H3,(H,28,33)(H,31,32);1H/t21-,22-;/m1./s1. The highest BCUT2D eigenvalue weighted by Gasteiger charge is 2.30. The maximum Gasteiger partial charge on any atom is 0.305 e. The molecule has 1 aromatic carbocycles. The highest BCUT2D eigenvalue weighted by atomic mass is 35.5. The van der Waals surface area contributed by atoms with Crippen LogP contribution in [0.2, 0.25) is 0 Å². The van der Waals surface area contributed by atoms with E-state index in [0.29, 0.717) is 38.3 Å². The molecule has 2 aliphatic heterocycles. The van der Waals surface area contributed by atoms with Crippen molar-refractivity contribution in [3.05, 3.63) is 29.8 Å². The number of benzene rings is 1. The van der Waals surface area contributed by atoms with Gasteiger partial charge in [0.1, 0.15) is 5.75 Å². The van der Waals surface area contributed by atoms with E-state index in [4.69, 9.17) is 4.74 Å². The lowest BCUT2D eigenvalue weighted by Crippen LogP contribution is -2.48. The van der Waals surface area contributed by atoms with Gasteiger partial charge < -0.3 is 25.4 Å². The largest absolute Gasteiger partial charge is 0.497 e. The van der Waals surface area contributed by atoms with Crippen molar-refractivity contribution in [2.75, 3.05) is 33.3 Å². The van der Waals surface area contributed by atoms with E-state index in [-0.39, 0.29) is 36.6 Å². The third-order valence-electron chi connectivity index (χ3n) is 7.05. The molecule has 1 aromatic rings. The molecule has 8 nitrogen and oxygen atoms in total. The van der Waals surface area contributed by atoms with Crippen LogP contribution in [0.3, 0.4) is 0 Å². The van der Waals surface area contributed by atoms with E-state index in [1.807, 2.05) is 29.2 Å². The Labute approximate surface area is 214 Å². The van der Waals surface area contributed by atoms with E-state index in [1.165, 1.54) is 0 Å². The van der Waals surface area contributed by atoms with Crippen LogP contribution in [0.1, 0.15) is 56.9 Å². The molecule has 0 unspecified atom stereocenters. The fourth-order valence-electron chi connectivity index (χ4n) is 5.00. The topological polar surface area (TPSA) is 108 Å². The summed E-state index contributed by atoms with van der Waals surface area (Å²) in [5.74, 6) is 0.127. The summed E-state index contributed by atoms with van der Waals surface area (Å²) in [6.45, 7) is 3.18. The fourth-order valence-corrected chi connectivity index (χ4v) is 5.00. The third kappa shape index (κ3) is 9.68. The number of carboxylic acids is 1. The van der Waals surface area contributed by atoms with Gasteiger partial charge in [0, 0.05) is 25.6 Å². The van der Waals surface area contributed by atoms with Crippen LogP contribution in [-0.2, 0) is 20.8 Å². The Morgan fingerprint density at radius 1 is 1.23 bits per heavy atom. The number of carbonyl (C=O) groups is 3. The molecule has 0 saturated carbocycles. The van der Waals surface area contributed by atoms with Gasteiger partial charge in [-0.25, -0.2) is 0 Å². The molecule has 0 radical (unpaired) electrons. The molecule has 2 saturated heterocycles. The summed E-state index contributed by atoms with van der Waals surface area (Å²) >= 11 is 0. The Morgan fingerprint density at radius 3 is 2.71 bits per heavy atom. The van der Waals surface area contributed by atoms with Gasteiger partial charge in [-0.2, -0.15) is 0 Å². The highest BCUT2D eigenvalue weighted by Crippen LogP contribution is 2.22. The number of ether oxygens (including phenoxy) is 1. The SMILES string of the molecule is COc1cccc(CC[C@H](CC(=O)O)NC(=O)[C@@H]2CCCN(C(=O)CCC3CCNCC3)C2)c1.Cl. The summed E-state index contributed by atoms with van der Waals surface area (Å²) in [5, 5.41) is 15.7. The number of hydrogen-bond acceptors (Lipinski definition) is 5. The number of amides is 2. The van der Waals surface area contributed by atoms with Gasteiger partial charge in [0.25, 0.3) is 0 Å². The van der Waals surface area contributed by atoms with Crippen LogP contribution in [0.5, 0.6) is 5.75 Å². The Hall–Kier alpha value is -2.32. The predicted molar refractivity (Wildman–Crippen MR) is 137 cm³/mol. The normalized spacial score (nSPS) is 19.3. The zero-order valence-corrected chi connectivity index (χ0v) is 21.5. The van der Waals surface area contributed by atoms with Gasteiger partial charge in [0.05, 0.1) is 19.4 Å². The number of carbonyl (C=O) groups excluding carboxylic acids is 2. The number of carboxylic acid groups (broad SMARTS) is 1. The maximum atomic E-state index is 13.0. The molecular formula is C26H40ClN3O5. The quantitative estimate of drug-likeness (QED) is 0.423. The second-order valence-corrected chi connectivity index (χ2v) is 9.60. The first kappa shape index (κ1) is 28.9. The number of halogens is 1. The van der Waals surface area contributed by atoms with Gasteiger partial charge in [-0.05, 0) is 81.6 Å². The first-order chi connectivity index (χ1) is 16.4. The summed E-state index contributed by atoms with van der Waals surface area (Å²) in [5.41, 5.74) is 1.03. The third-order valence-corrected chi connectivity index (χ3v) is 7.05. The minimum absolute atomic E-state index is 0. The van der Waals surface area contributed by atoms with Crippen LogP contribution in [0.15, 0.2) is 24.3 Å². The molecule has 3 N–H and O–H groups in total. The van der Waals surface area contributed by atoms with E-state index in [0.717, 1.165) is 56.5 Å². The monoisotopic (exact) mass is 509 g/mol. The van der Waals surface area contributed by atoms with Crippen molar-refractivity contribution < 1.29 is 24.2 Å². The zero-order chi connectivity index (χ0) is 24.3. The molecule has 0 spiro atoms. The van der Waals surface area contributed by atoms with E-state index in [2.05, 4.69) is 10.6 Å². The van der Waals surface area contributed by atoms with Gasteiger partial charge in [0.2, 0.25) is 11.8 Å². The molecule has 196 valence electrons. The average Bonchev–Trinajstić information content (AvgIpc) is 2.86. The molecular weight excluding hydrogens is 470 g/mol. The minimum Gasteiger partial charge on any atom is -0.497 e. The van der Waals surface area contributed by atoms with Gasteiger partial charge in [0.15, 0.2) is 0 Å². The van der Waals surface area contributed by atoms with Crippen molar-refractivity contribution >= 4 is 30.2 Å². The van der Waals surface area contributed by atoms with Crippen LogP contribution >= 0.6 is 12.4 Å². The smallest absolute Gasteiger partial charge is 0.305 e. The van der Waals surface area contributed by atoms with Crippen LogP contribution in [0.25, 0.3) is 0 Å². The van der Waals surface area contributed by atoms with Gasteiger partial charge in [-0.1, -0.05) is 12.1 Å². The Balaban J connectivity index is 0.00000432. The van der Waals surface area contributed by atoms with Gasteiger partial charge >= 0.3 is 5.97 Å². The molecule has 35 heavy (non-hydrogen) atoms. The number of aliphatic carboxylic acids is 1. The minimum atomic E-state index is -0.936. The van der Waals surface area contributed by atoms with Crippen molar-refractivity contribution in [3.8, 4) is 5.75 Å². The van der Waals surface area contributed by atoms with E-state index >= 15 is 0 Å². The molecule has 2 heterocycles. The van der Waals surface area contributed by atoms with Crippen LogP contribution in [0, 0.1) is 11.8 Å². The summed E-state index contributed by atoms with van der Waals surface area (Å²) in [7, 11) is 1.61. The lowest BCUT2D eigenvalue weighted by atomic mass is 9.92. The van der Waals surface area contributed by atoms with Crippen molar-refractivity contribution in [2.45, 2.75) is 63.8 Å². The second kappa shape index (κ2) is 14.9. The van der Waals surface area contributed by atoms with Crippen LogP contribution < -0.4 is 15.4 Å². The molecule has 2 atom stereocenters. The molecule has 3 rings (SSSR count). The van der Waals surface area contributed by atoms with Crippen molar-refractivity contribution in [1.82, 2.24) is 15.5 Å². The van der Waals surface area contributed by atoms with E-state index in [9.17, 15) is 19.5 Å². The number of nitrogens with zero attached hydrogens (tertiary/aromatic N) is 1. The molecule has 0 aromatic heterocycles. The van der Waals surface area contributed by atoms with Crippen molar-refractivity contribution in [3.63, 3.8) is 0 Å². The van der Waals surface area contributed by atoms with Crippen molar-refractivity contribution in [2.24, 2.45) is 11.8 Å². The van der Waals surface area contributed by atoms with Crippen LogP contribution in [-0.4, -0.2) is 67.1 Å². The average molecular weight is 510 g/mol. The lowest BCUT2D eigenvalue weighted by molar-refractivity contribution is -0.138. The second-order valence-electron chi connectivity index (χ2n) is 9.60. The first-order valence-corrected chi connectivity index (χ1v) is 12.6. The number of aryl methyl sites for hydroxylation is 1. The van der Waals surface area contributed by atoms with Crippen LogP contribution in [0.4, 0.5) is 0 Å². The van der Waals surface area contributed by atoms with Crippen molar-refractivity contribution in [1.29, 1.82) is 0 Å². The number of nitrogens with one attached hydrogen (secondary N) is 2. The molecule has 0 bridgehead atoms. The fraction of sp³-hybridized carbons (Fsp3) is 0.654. The molecule has 2 aliphatic rings. The Kier molecular flexibility index (Phi) is 12.3. The molecule has 0 aliphatic carbocycles. The lowest BCUT2D eigenvalue weighted by Gasteiger charge is -2.33. The summed E-state index contributed by atoms with van der Waals surface area (Å²) in [4.78, 5) is 39.0. The molecule has 9 heteroatoms. The highest BCUT2D eigenvalue weighted by molar-refractivity contribution is 5.85. The summed E-state index contributed by atoms with van der Waals surface area (Å²) in [6.07, 6.45) is 6.27.